The molecule has 58 valence electrons. The summed E-state index contributed by atoms with van der Waals surface area (Å²) in [6.45, 7) is 0. The van der Waals surface area contributed by atoms with Crippen molar-refractivity contribution in [1.29, 1.82) is 0 Å². The first kappa shape index (κ1) is 6.66. The molecule has 1 heteroatoms. The van der Waals surface area contributed by atoms with Gasteiger partial charge in [-0.2, -0.15) is 0 Å². The van der Waals surface area contributed by atoms with Crippen LogP contribution in [-0.2, 0) is 0 Å². The van der Waals surface area contributed by atoms with Crippen LogP contribution >= 0.6 is 0 Å². The van der Waals surface area contributed by atoms with Crippen LogP contribution in [0.5, 0.6) is 0 Å². The molecule has 0 aromatic carbocycles. The smallest absolute Gasteiger partial charge is 0.00698 e. The Hall–Kier alpha value is -0.0400. The van der Waals surface area contributed by atoms with Gasteiger partial charge in [0.1, 0.15) is 0 Å². The summed E-state index contributed by atoms with van der Waals surface area (Å²) in [4.78, 5) is 0. The lowest BCUT2D eigenvalue weighted by molar-refractivity contribution is 0.240. The molecule has 2 fully saturated rings. The van der Waals surface area contributed by atoms with E-state index in [1.54, 1.807) is 0 Å². The second-order valence-electron chi connectivity index (χ2n) is 3.95. The van der Waals surface area contributed by atoms with E-state index in [2.05, 4.69) is 0 Å². The van der Waals surface area contributed by atoms with E-state index in [0.29, 0.717) is 6.04 Å². The Morgan fingerprint density at radius 2 is 1.60 bits per heavy atom. The normalized spacial score (nSPS) is 47.1. The van der Waals surface area contributed by atoms with Crippen molar-refractivity contribution >= 4 is 0 Å². The fourth-order valence-corrected chi connectivity index (χ4v) is 2.82. The molecule has 2 aliphatic carbocycles. The van der Waals surface area contributed by atoms with E-state index in [4.69, 9.17) is 5.73 Å². The molecular formula is C9H17N. The van der Waals surface area contributed by atoms with Crippen molar-refractivity contribution in [3.8, 4) is 0 Å². The predicted octanol–water partition coefficient (Wildman–Crippen LogP) is 1.91. The van der Waals surface area contributed by atoms with Gasteiger partial charge >= 0.3 is 0 Å². The largest absolute Gasteiger partial charge is 0.327 e. The number of hydrogen-bond donors (Lipinski definition) is 1. The third kappa shape index (κ3) is 0.968. The van der Waals surface area contributed by atoms with E-state index < -0.39 is 0 Å². The lowest BCUT2D eigenvalue weighted by Crippen LogP contribution is -2.35. The molecule has 3 atom stereocenters. The van der Waals surface area contributed by atoms with Crippen LogP contribution in [0.1, 0.15) is 38.5 Å². The Kier molecular flexibility index (Phi) is 1.69. The maximum Gasteiger partial charge on any atom is 0.00698 e. The van der Waals surface area contributed by atoms with Crippen LogP contribution in [0.2, 0.25) is 0 Å². The quantitative estimate of drug-likeness (QED) is 0.545. The molecule has 0 aromatic rings. The molecule has 2 aliphatic rings. The molecule has 2 N–H and O–H groups in total. The van der Waals surface area contributed by atoms with Crippen LogP contribution in [0.4, 0.5) is 0 Å². The molecule has 0 spiro atoms. The van der Waals surface area contributed by atoms with Gasteiger partial charge in [0.05, 0.1) is 0 Å². The SMILES string of the molecule is NC1CCC[C@@H]2CCC[C@H]12. The summed E-state index contributed by atoms with van der Waals surface area (Å²) in [7, 11) is 0. The molecule has 1 unspecified atom stereocenters. The van der Waals surface area contributed by atoms with Gasteiger partial charge in [-0.25, -0.2) is 0 Å². The summed E-state index contributed by atoms with van der Waals surface area (Å²) in [5.74, 6) is 1.93. The number of nitrogens with two attached hydrogens (primary N) is 1. The molecule has 0 bridgehead atoms. The van der Waals surface area contributed by atoms with Gasteiger partial charge in [0, 0.05) is 6.04 Å². The van der Waals surface area contributed by atoms with Crippen LogP contribution in [0.25, 0.3) is 0 Å². The summed E-state index contributed by atoms with van der Waals surface area (Å²) in [6, 6.07) is 0.557. The van der Waals surface area contributed by atoms with Crippen LogP contribution < -0.4 is 5.73 Å². The van der Waals surface area contributed by atoms with E-state index in [9.17, 15) is 0 Å². The zero-order chi connectivity index (χ0) is 6.97. The van der Waals surface area contributed by atoms with Gasteiger partial charge in [0.2, 0.25) is 0 Å². The van der Waals surface area contributed by atoms with Crippen LogP contribution in [-0.4, -0.2) is 6.04 Å². The average molecular weight is 139 g/mol. The molecule has 1 nitrogen and oxygen atoms in total. The van der Waals surface area contributed by atoms with Gasteiger partial charge in [-0.05, 0) is 24.7 Å². The van der Waals surface area contributed by atoms with Gasteiger partial charge in [0.25, 0.3) is 0 Å². The molecular weight excluding hydrogens is 122 g/mol. The van der Waals surface area contributed by atoms with Crippen LogP contribution in [0.3, 0.4) is 0 Å². The fraction of sp³-hybridized carbons (Fsp3) is 1.00. The van der Waals surface area contributed by atoms with E-state index in [1.807, 2.05) is 0 Å². The topological polar surface area (TPSA) is 26.0 Å². The second kappa shape index (κ2) is 2.54. The summed E-state index contributed by atoms with van der Waals surface area (Å²) < 4.78 is 0. The highest BCUT2D eigenvalue weighted by Crippen LogP contribution is 2.41. The highest BCUT2D eigenvalue weighted by molar-refractivity contribution is 4.88. The Bertz CT molecular complexity index is 122. The van der Waals surface area contributed by atoms with Gasteiger partial charge < -0.3 is 5.73 Å². The fourth-order valence-electron chi connectivity index (χ4n) is 2.82. The van der Waals surface area contributed by atoms with Gasteiger partial charge in [0.15, 0.2) is 0 Å². The van der Waals surface area contributed by atoms with Crippen molar-refractivity contribution in [3.05, 3.63) is 0 Å². The van der Waals surface area contributed by atoms with Crippen molar-refractivity contribution in [2.75, 3.05) is 0 Å². The lowest BCUT2D eigenvalue weighted by Gasteiger charge is -2.30. The van der Waals surface area contributed by atoms with Crippen molar-refractivity contribution in [3.63, 3.8) is 0 Å². The van der Waals surface area contributed by atoms with Gasteiger partial charge in [-0.15, -0.1) is 0 Å². The van der Waals surface area contributed by atoms with E-state index >= 15 is 0 Å². The third-order valence-corrected chi connectivity index (χ3v) is 3.38. The first-order chi connectivity index (χ1) is 4.88. The Morgan fingerprint density at radius 3 is 2.30 bits per heavy atom. The highest BCUT2D eigenvalue weighted by atomic mass is 14.7. The summed E-state index contributed by atoms with van der Waals surface area (Å²) in [6.07, 6.45) is 8.50. The minimum atomic E-state index is 0.557. The summed E-state index contributed by atoms with van der Waals surface area (Å²) in [5, 5.41) is 0. The third-order valence-electron chi connectivity index (χ3n) is 3.38. The zero-order valence-electron chi connectivity index (χ0n) is 6.55. The molecule has 0 aromatic heterocycles. The monoisotopic (exact) mass is 139 g/mol. The van der Waals surface area contributed by atoms with Gasteiger partial charge in [-0.3, -0.25) is 0 Å². The van der Waals surface area contributed by atoms with Crippen LogP contribution in [0.15, 0.2) is 0 Å². The summed E-state index contributed by atoms with van der Waals surface area (Å²) >= 11 is 0. The number of rotatable bonds is 0. The average Bonchev–Trinajstić information content (AvgIpc) is 2.36. The zero-order valence-corrected chi connectivity index (χ0v) is 6.55. The molecule has 0 amide bonds. The van der Waals surface area contributed by atoms with Crippen molar-refractivity contribution in [1.82, 2.24) is 0 Å². The molecule has 0 aliphatic heterocycles. The molecule has 0 heterocycles. The van der Waals surface area contributed by atoms with E-state index in [0.717, 1.165) is 11.8 Å². The van der Waals surface area contributed by atoms with Crippen molar-refractivity contribution in [2.24, 2.45) is 17.6 Å². The second-order valence-corrected chi connectivity index (χ2v) is 3.95. The minimum absolute atomic E-state index is 0.557. The molecule has 10 heavy (non-hydrogen) atoms. The van der Waals surface area contributed by atoms with E-state index in [1.165, 1.54) is 38.5 Å². The Morgan fingerprint density at radius 1 is 0.900 bits per heavy atom. The maximum absolute atomic E-state index is 6.02. The van der Waals surface area contributed by atoms with Crippen molar-refractivity contribution in [2.45, 2.75) is 44.6 Å². The first-order valence-corrected chi connectivity index (χ1v) is 4.63. The predicted molar refractivity (Wildman–Crippen MR) is 42.7 cm³/mol. The Balaban J connectivity index is 2.03. The highest BCUT2D eigenvalue weighted by Gasteiger charge is 2.34. The maximum atomic E-state index is 6.02. The molecule has 0 radical (unpaired) electrons. The number of hydrogen-bond acceptors (Lipinski definition) is 1. The summed E-state index contributed by atoms with van der Waals surface area (Å²) in [5.41, 5.74) is 6.02. The Labute approximate surface area is 63.0 Å². The van der Waals surface area contributed by atoms with Crippen molar-refractivity contribution < 1.29 is 0 Å². The number of fused-ring (bicyclic) bond motifs is 1. The van der Waals surface area contributed by atoms with Crippen LogP contribution in [0, 0.1) is 11.8 Å². The van der Waals surface area contributed by atoms with E-state index in [-0.39, 0.29) is 0 Å². The molecule has 2 saturated carbocycles. The molecule has 0 saturated heterocycles. The minimum Gasteiger partial charge on any atom is -0.327 e. The first-order valence-electron chi connectivity index (χ1n) is 4.63. The van der Waals surface area contributed by atoms with Gasteiger partial charge in [-0.1, -0.05) is 25.7 Å². The lowest BCUT2D eigenvalue weighted by atomic mass is 9.78. The molecule has 2 rings (SSSR count). The standard InChI is InChI=1S/C9H17N/c10-9-6-2-4-7-3-1-5-8(7)9/h7-9H,1-6,10H2/t7-,8-,9?/m0/s1.